The van der Waals surface area contributed by atoms with Crippen molar-refractivity contribution >= 4 is 11.8 Å². The zero-order valence-corrected chi connectivity index (χ0v) is 13.3. The van der Waals surface area contributed by atoms with Crippen molar-refractivity contribution in [2.45, 2.75) is 6.61 Å². The number of piperazine rings is 1. The molecule has 0 saturated carbocycles. The summed E-state index contributed by atoms with van der Waals surface area (Å²) >= 11 is 0. The van der Waals surface area contributed by atoms with E-state index in [-0.39, 0.29) is 6.61 Å². The van der Waals surface area contributed by atoms with E-state index in [1.54, 1.807) is 6.20 Å². The maximum absolute atomic E-state index is 9.20. The average Bonchev–Trinajstić information content (AvgIpc) is 2.63. The number of hydrogen-bond donors (Lipinski definition) is 1. The van der Waals surface area contributed by atoms with Crippen molar-refractivity contribution in [1.82, 2.24) is 9.88 Å². The Balaban J connectivity index is 1.49. The number of rotatable bonds is 5. The Labute approximate surface area is 137 Å². The molecule has 1 aromatic heterocycles. The number of benzene rings is 1. The van der Waals surface area contributed by atoms with Gasteiger partial charge in [-0.15, -0.1) is 0 Å². The summed E-state index contributed by atoms with van der Waals surface area (Å²) in [6.45, 7) is 5.10. The fraction of sp³-hybridized carbons (Fsp3) is 0.316. The first-order valence-corrected chi connectivity index (χ1v) is 8.10. The topological polar surface area (TPSA) is 39.6 Å². The molecule has 1 aliphatic heterocycles. The SMILES string of the molecule is OCc1cc(N2CCN(C/C=C/c3ccccc3)CC2)ccn1. The highest BCUT2D eigenvalue weighted by molar-refractivity contribution is 5.49. The third kappa shape index (κ3) is 4.41. The minimum absolute atomic E-state index is 0.00190. The maximum atomic E-state index is 9.20. The lowest BCUT2D eigenvalue weighted by molar-refractivity contribution is 0.276. The Hall–Kier alpha value is -2.17. The van der Waals surface area contributed by atoms with Gasteiger partial charge < -0.3 is 10.0 Å². The molecule has 1 fully saturated rings. The summed E-state index contributed by atoms with van der Waals surface area (Å²) in [7, 11) is 0. The van der Waals surface area contributed by atoms with Crippen molar-refractivity contribution in [3.63, 3.8) is 0 Å². The van der Waals surface area contributed by atoms with E-state index in [4.69, 9.17) is 0 Å². The minimum atomic E-state index is -0.00190. The highest BCUT2D eigenvalue weighted by Crippen LogP contribution is 2.17. The molecule has 120 valence electrons. The van der Waals surface area contributed by atoms with Crippen LogP contribution in [0.4, 0.5) is 5.69 Å². The van der Waals surface area contributed by atoms with E-state index < -0.39 is 0 Å². The van der Waals surface area contributed by atoms with Crippen molar-refractivity contribution in [3.8, 4) is 0 Å². The maximum Gasteiger partial charge on any atom is 0.0853 e. The van der Waals surface area contributed by atoms with Crippen LogP contribution in [0.15, 0.2) is 54.7 Å². The second-order valence-corrected chi connectivity index (χ2v) is 5.76. The van der Waals surface area contributed by atoms with Crippen LogP contribution in [0.3, 0.4) is 0 Å². The smallest absolute Gasteiger partial charge is 0.0853 e. The van der Waals surface area contributed by atoms with Gasteiger partial charge in [-0.1, -0.05) is 42.5 Å². The predicted octanol–water partition coefficient (Wildman–Crippen LogP) is 2.41. The molecule has 4 nitrogen and oxygen atoms in total. The number of pyridine rings is 1. The largest absolute Gasteiger partial charge is 0.390 e. The molecule has 0 atom stereocenters. The summed E-state index contributed by atoms with van der Waals surface area (Å²) in [4.78, 5) is 8.96. The molecule has 0 bridgehead atoms. The predicted molar refractivity (Wildman–Crippen MR) is 94.3 cm³/mol. The molecule has 1 saturated heterocycles. The Morgan fingerprint density at radius 3 is 2.57 bits per heavy atom. The summed E-state index contributed by atoms with van der Waals surface area (Å²) in [5.74, 6) is 0. The fourth-order valence-electron chi connectivity index (χ4n) is 2.84. The average molecular weight is 309 g/mol. The fourth-order valence-corrected chi connectivity index (χ4v) is 2.84. The van der Waals surface area contributed by atoms with E-state index in [2.05, 4.69) is 51.2 Å². The number of aromatic nitrogens is 1. The van der Waals surface area contributed by atoms with Gasteiger partial charge in [-0.25, -0.2) is 0 Å². The normalized spacial score (nSPS) is 16.1. The molecule has 0 spiro atoms. The zero-order chi connectivity index (χ0) is 15.9. The third-order valence-electron chi connectivity index (χ3n) is 4.17. The Kier molecular flexibility index (Phi) is 5.40. The number of anilines is 1. The van der Waals surface area contributed by atoms with Crippen LogP contribution in [-0.2, 0) is 6.61 Å². The molecule has 23 heavy (non-hydrogen) atoms. The lowest BCUT2D eigenvalue weighted by Crippen LogP contribution is -2.46. The summed E-state index contributed by atoms with van der Waals surface area (Å²) in [6.07, 6.45) is 6.19. The van der Waals surface area contributed by atoms with Crippen LogP contribution in [-0.4, -0.2) is 47.7 Å². The standard InChI is InChI=1S/C19H23N3O/c23-16-18-15-19(8-9-20-18)22-13-11-21(12-14-22)10-4-7-17-5-2-1-3-6-17/h1-9,15,23H,10-14,16H2/b7-4+. The summed E-state index contributed by atoms with van der Waals surface area (Å²) < 4.78 is 0. The molecule has 4 heteroatoms. The number of nitrogens with zero attached hydrogens (tertiary/aromatic N) is 3. The van der Waals surface area contributed by atoms with Crippen LogP contribution < -0.4 is 4.90 Å². The summed E-state index contributed by atoms with van der Waals surface area (Å²) in [5.41, 5.74) is 3.14. The van der Waals surface area contributed by atoms with Gasteiger partial charge in [0.05, 0.1) is 12.3 Å². The van der Waals surface area contributed by atoms with Gasteiger partial charge in [0.2, 0.25) is 0 Å². The van der Waals surface area contributed by atoms with Gasteiger partial charge in [-0.3, -0.25) is 9.88 Å². The number of aliphatic hydroxyl groups excluding tert-OH is 1. The van der Waals surface area contributed by atoms with Gasteiger partial charge >= 0.3 is 0 Å². The van der Waals surface area contributed by atoms with Crippen LogP contribution >= 0.6 is 0 Å². The van der Waals surface area contributed by atoms with E-state index >= 15 is 0 Å². The lowest BCUT2D eigenvalue weighted by Gasteiger charge is -2.35. The van der Waals surface area contributed by atoms with Gasteiger partial charge in [0, 0.05) is 44.6 Å². The summed E-state index contributed by atoms with van der Waals surface area (Å²) in [6, 6.07) is 14.4. The third-order valence-corrected chi connectivity index (χ3v) is 4.17. The van der Waals surface area contributed by atoms with Crippen molar-refractivity contribution in [2.75, 3.05) is 37.6 Å². The molecule has 0 unspecified atom stereocenters. The molecule has 0 radical (unpaired) electrons. The highest BCUT2D eigenvalue weighted by Gasteiger charge is 2.16. The van der Waals surface area contributed by atoms with Gasteiger partial charge in [-0.05, 0) is 17.7 Å². The highest BCUT2D eigenvalue weighted by atomic mass is 16.3. The zero-order valence-electron chi connectivity index (χ0n) is 13.3. The Morgan fingerprint density at radius 2 is 1.83 bits per heavy atom. The van der Waals surface area contributed by atoms with Crippen molar-refractivity contribution < 1.29 is 5.11 Å². The van der Waals surface area contributed by atoms with Crippen molar-refractivity contribution in [2.24, 2.45) is 0 Å². The molecule has 0 aliphatic carbocycles. The molecule has 1 aliphatic rings. The van der Waals surface area contributed by atoms with Gasteiger partial charge in [0.25, 0.3) is 0 Å². The molecule has 1 aromatic carbocycles. The van der Waals surface area contributed by atoms with Gasteiger partial charge in [0.15, 0.2) is 0 Å². The molecular formula is C19H23N3O. The van der Waals surface area contributed by atoms with Crippen molar-refractivity contribution in [3.05, 3.63) is 66.0 Å². The second-order valence-electron chi connectivity index (χ2n) is 5.76. The van der Waals surface area contributed by atoms with Gasteiger partial charge in [-0.2, -0.15) is 0 Å². The molecule has 2 aromatic rings. The molecule has 1 N–H and O–H groups in total. The monoisotopic (exact) mass is 309 g/mol. The van der Waals surface area contributed by atoms with Crippen molar-refractivity contribution in [1.29, 1.82) is 0 Å². The van der Waals surface area contributed by atoms with Crippen LogP contribution in [0.1, 0.15) is 11.3 Å². The Bertz CT molecular complexity index is 634. The van der Waals surface area contributed by atoms with Gasteiger partial charge in [0.1, 0.15) is 0 Å². The van der Waals surface area contributed by atoms with E-state index in [1.807, 2.05) is 18.2 Å². The first-order valence-electron chi connectivity index (χ1n) is 8.10. The summed E-state index contributed by atoms with van der Waals surface area (Å²) in [5, 5.41) is 9.20. The van der Waals surface area contributed by atoms with E-state index in [1.165, 1.54) is 5.56 Å². The first kappa shape index (κ1) is 15.7. The molecular weight excluding hydrogens is 286 g/mol. The molecule has 3 rings (SSSR count). The van der Waals surface area contributed by atoms with E-state index in [9.17, 15) is 5.11 Å². The van der Waals surface area contributed by atoms with Crippen LogP contribution in [0, 0.1) is 0 Å². The lowest BCUT2D eigenvalue weighted by atomic mass is 10.2. The van der Waals surface area contributed by atoms with E-state index in [0.717, 1.165) is 44.1 Å². The quantitative estimate of drug-likeness (QED) is 0.921. The number of aliphatic hydroxyl groups is 1. The van der Waals surface area contributed by atoms with Crippen LogP contribution in [0.25, 0.3) is 6.08 Å². The molecule has 0 amide bonds. The number of hydrogen-bond acceptors (Lipinski definition) is 4. The van der Waals surface area contributed by atoms with Crippen LogP contribution in [0.5, 0.6) is 0 Å². The minimum Gasteiger partial charge on any atom is -0.390 e. The van der Waals surface area contributed by atoms with Crippen LogP contribution in [0.2, 0.25) is 0 Å². The molecule has 2 heterocycles. The first-order chi connectivity index (χ1) is 11.3. The second kappa shape index (κ2) is 7.90. The Morgan fingerprint density at radius 1 is 1.04 bits per heavy atom. The van der Waals surface area contributed by atoms with E-state index in [0.29, 0.717) is 0 Å².